The fraction of sp³-hybridized carbons (Fsp3) is 0.611. The number of nitrogens with one attached hydrogen (secondary N) is 3. The fourth-order valence-corrected chi connectivity index (χ4v) is 3.72. The zero-order valence-electron chi connectivity index (χ0n) is 16.9. The van der Waals surface area contributed by atoms with Crippen molar-refractivity contribution in [1.82, 2.24) is 15.4 Å². The molecule has 0 radical (unpaired) electrons. The summed E-state index contributed by atoms with van der Waals surface area (Å²) in [7, 11) is -1.55. The summed E-state index contributed by atoms with van der Waals surface area (Å²) in [6.07, 6.45) is 2.13. The summed E-state index contributed by atoms with van der Waals surface area (Å²) in [6.45, 7) is 8.93. The lowest BCUT2D eigenvalue weighted by Crippen LogP contribution is -2.53. The fourth-order valence-electron chi connectivity index (χ4n) is 2.65. The van der Waals surface area contributed by atoms with E-state index in [1.807, 2.05) is 32.0 Å². The first-order chi connectivity index (χ1) is 12.2. The number of nitrogens with zero attached hydrogens (tertiary/aromatic N) is 2. The van der Waals surface area contributed by atoms with Crippen molar-refractivity contribution in [3.05, 3.63) is 30.3 Å². The summed E-state index contributed by atoms with van der Waals surface area (Å²) in [4.78, 5) is 6.52. The topological polar surface area (TPSA) is 85.8 Å². The van der Waals surface area contributed by atoms with Gasteiger partial charge >= 0.3 is 0 Å². The summed E-state index contributed by atoms with van der Waals surface area (Å²) in [5.41, 5.74) is 0.628. The number of guanidine groups is 1. The molecule has 0 aromatic heterocycles. The summed E-state index contributed by atoms with van der Waals surface area (Å²) in [5, 5.41) is 6.44. The van der Waals surface area contributed by atoms with Crippen LogP contribution in [0.3, 0.4) is 0 Å². The average Bonchev–Trinajstić information content (AvgIpc) is 2.56. The van der Waals surface area contributed by atoms with Crippen LogP contribution in [-0.4, -0.2) is 59.4 Å². The molecule has 0 saturated carbocycles. The molecule has 0 spiro atoms. The Labute approximate surface area is 181 Å². The minimum absolute atomic E-state index is 0. The quantitative estimate of drug-likeness (QED) is 0.194. The molecule has 1 aromatic carbocycles. The van der Waals surface area contributed by atoms with Crippen LogP contribution < -0.4 is 20.3 Å². The third kappa shape index (κ3) is 11.4. The summed E-state index contributed by atoms with van der Waals surface area (Å²) >= 11 is 0. The number of sulfonamides is 1. The molecule has 0 aliphatic rings. The molecule has 9 heteroatoms. The van der Waals surface area contributed by atoms with Gasteiger partial charge in [0.2, 0.25) is 10.0 Å². The molecule has 0 fully saturated rings. The monoisotopic (exact) mass is 511 g/mol. The molecular formula is C18H34IN5O2S. The molecule has 7 nitrogen and oxygen atoms in total. The minimum Gasteiger partial charge on any atom is -0.372 e. The molecule has 27 heavy (non-hydrogen) atoms. The first-order valence-electron chi connectivity index (χ1n) is 8.90. The normalized spacial score (nSPS) is 12.3. The predicted octanol–water partition coefficient (Wildman–Crippen LogP) is 2.01. The van der Waals surface area contributed by atoms with Crippen molar-refractivity contribution in [1.29, 1.82) is 0 Å². The van der Waals surface area contributed by atoms with Crippen LogP contribution in [-0.2, 0) is 10.0 Å². The van der Waals surface area contributed by atoms with Crippen molar-refractivity contribution in [2.24, 2.45) is 4.99 Å². The van der Waals surface area contributed by atoms with Crippen molar-refractivity contribution in [2.45, 2.75) is 32.7 Å². The first kappa shape index (κ1) is 25.9. The second-order valence-electron chi connectivity index (χ2n) is 6.88. The largest absolute Gasteiger partial charge is 0.372 e. The Morgan fingerprint density at radius 2 is 1.81 bits per heavy atom. The predicted molar refractivity (Wildman–Crippen MR) is 126 cm³/mol. The summed E-state index contributed by atoms with van der Waals surface area (Å²) in [6, 6.07) is 10.4. The Morgan fingerprint density at radius 3 is 2.33 bits per heavy atom. The summed E-state index contributed by atoms with van der Waals surface area (Å²) < 4.78 is 25.4. The Bertz CT molecular complexity index is 666. The summed E-state index contributed by atoms with van der Waals surface area (Å²) in [5.74, 6) is 0.663. The highest BCUT2D eigenvalue weighted by Crippen LogP contribution is 2.12. The maximum Gasteiger partial charge on any atom is 0.209 e. The van der Waals surface area contributed by atoms with Crippen LogP contribution in [0.25, 0.3) is 0 Å². The van der Waals surface area contributed by atoms with Crippen LogP contribution in [0.4, 0.5) is 5.69 Å². The van der Waals surface area contributed by atoms with E-state index < -0.39 is 15.6 Å². The van der Waals surface area contributed by atoms with Gasteiger partial charge in [0.05, 0.1) is 6.26 Å². The number of aliphatic imine (C=N–C) groups is 1. The van der Waals surface area contributed by atoms with E-state index in [-0.39, 0.29) is 24.0 Å². The van der Waals surface area contributed by atoms with E-state index in [1.54, 1.807) is 7.05 Å². The minimum atomic E-state index is -3.25. The molecular weight excluding hydrogens is 477 g/mol. The second-order valence-corrected chi connectivity index (χ2v) is 8.63. The van der Waals surface area contributed by atoms with Crippen LogP contribution in [0, 0.1) is 0 Å². The van der Waals surface area contributed by atoms with Gasteiger partial charge in [-0.2, -0.15) is 0 Å². The van der Waals surface area contributed by atoms with Crippen LogP contribution in [0.1, 0.15) is 27.2 Å². The lowest BCUT2D eigenvalue weighted by molar-refractivity contribution is 0.446. The van der Waals surface area contributed by atoms with Gasteiger partial charge in [-0.3, -0.25) is 4.99 Å². The molecule has 0 aliphatic carbocycles. The van der Waals surface area contributed by atoms with Crippen LogP contribution in [0.15, 0.2) is 35.3 Å². The number of benzene rings is 1. The van der Waals surface area contributed by atoms with E-state index in [2.05, 4.69) is 44.3 Å². The standard InChI is InChI=1S/C18H33N5O2S.HI/c1-6-23(16-11-8-7-9-12-16)14-10-13-20-17(19-4)21-15-18(2,3)22-26(5,24)25;/h7-9,11-12,22H,6,10,13-15H2,1-5H3,(H2,19,20,21);1H. The maximum absolute atomic E-state index is 11.4. The zero-order valence-corrected chi connectivity index (χ0v) is 20.1. The van der Waals surface area contributed by atoms with Gasteiger partial charge in [-0.25, -0.2) is 13.1 Å². The van der Waals surface area contributed by atoms with Gasteiger partial charge in [-0.05, 0) is 39.3 Å². The molecule has 3 N–H and O–H groups in total. The Balaban J connectivity index is 0.00000676. The van der Waals surface area contributed by atoms with Crippen molar-refractivity contribution >= 4 is 45.6 Å². The van der Waals surface area contributed by atoms with E-state index in [1.165, 1.54) is 5.69 Å². The molecule has 0 heterocycles. The SMILES string of the molecule is CCN(CCCNC(=NC)NCC(C)(C)NS(C)(=O)=O)c1ccccc1.I. The molecule has 0 unspecified atom stereocenters. The molecule has 0 atom stereocenters. The first-order valence-corrected chi connectivity index (χ1v) is 10.8. The van der Waals surface area contributed by atoms with Gasteiger partial charge in [-0.15, -0.1) is 24.0 Å². The highest BCUT2D eigenvalue weighted by molar-refractivity contribution is 14.0. The third-order valence-corrected chi connectivity index (χ3v) is 4.71. The van der Waals surface area contributed by atoms with Gasteiger partial charge in [0.25, 0.3) is 0 Å². The highest BCUT2D eigenvalue weighted by atomic mass is 127. The lowest BCUT2D eigenvalue weighted by Gasteiger charge is -2.26. The number of para-hydroxylation sites is 1. The maximum atomic E-state index is 11.4. The van der Waals surface area contributed by atoms with Crippen molar-refractivity contribution < 1.29 is 8.42 Å². The number of rotatable bonds is 10. The van der Waals surface area contributed by atoms with Crippen LogP contribution in [0.5, 0.6) is 0 Å². The highest BCUT2D eigenvalue weighted by Gasteiger charge is 2.22. The van der Waals surface area contributed by atoms with Gasteiger partial charge < -0.3 is 15.5 Å². The van der Waals surface area contributed by atoms with E-state index >= 15 is 0 Å². The van der Waals surface area contributed by atoms with Gasteiger partial charge in [0.15, 0.2) is 5.96 Å². The Kier molecular flexibility index (Phi) is 11.9. The molecule has 0 amide bonds. The van der Waals surface area contributed by atoms with Crippen molar-refractivity contribution in [2.75, 3.05) is 44.4 Å². The van der Waals surface area contributed by atoms with Gasteiger partial charge in [0, 0.05) is 44.5 Å². The molecule has 0 saturated heterocycles. The van der Waals surface area contributed by atoms with E-state index in [0.29, 0.717) is 12.5 Å². The van der Waals surface area contributed by atoms with Gasteiger partial charge in [-0.1, -0.05) is 18.2 Å². The number of hydrogen-bond acceptors (Lipinski definition) is 4. The van der Waals surface area contributed by atoms with Crippen molar-refractivity contribution in [3.63, 3.8) is 0 Å². The molecule has 1 rings (SSSR count). The number of hydrogen-bond donors (Lipinski definition) is 3. The van der Waals surface area contributed by atoms with Crippen LogP contribution in [0.2, 0.25) is 0 Å². The van der Waals surface area contributed by atoms with Gasteiger partial charge in [0.1, 0.15) is 0 Å². The lowest BCUT2D eigenvalue weighted by atomic mass is 10.1. The van der Waals surface area contributed by atoms with E-state index in [9.17, 15) is 8.42 Å². The van der Waals surface area contributed by atoms with Crippen molar-refractivity contribution in [3.8, 4) is 0 Å². The number of anilines is 1. The van der Waals surface area contributed by atoms with E-state index in [0.717, 1.165) is 32.3 Å². The van der Waals surface area contributed by atoms with Crippen LogP contribution >= 0.6 is 24.0 Å². The Hall–Kier alpha value is -1.07. The third-order valence-electron chi connectivity index (χ3n) is 3.78. The van der Waals surface area contributed by atoms with E-state index in [4.69, 9.17) is 0 Å². The zero-order chi connectivity index (χ0) is 19.6. The molecule has 1 aromatic rings. The molecule has 156 valence electrons. The number of halogens is 1. The Morgan fingerprint density at radius 1 is 1.19 bits per heavy atom. The molecule has 0 bridgehead atoms. The molecule has 0 aliphatic heterocycles. The second kappa shape index (κ2) is 12.4. The average molecular weight is 511 g/mol. The smallest absolute Gasteiger partial charge is 0.209 e.